The molecule has 1 aromatic carbocycles. The van der Waals surface area contributed by atoms with Gasteiger partial charge in [0.2, 0.25) is 0 Å². The molecule has 0 saturated carbocycles. The summed E-state index contributed by atoms with van der Waals surface area (Å²) in [5.74, 6) is 0.824. The van der Waals surface area contributed by atoms with E-state index in [0.717, 1.165) is 69.4 Å². The summed E-state index contributed by atoms with van der Waals surface area (Å²) in [6.07, 6.45) is 6.75. The minimum Gasteiger partial charge on any atom is -0.370 e. The van der Waals surface area contributed by atoms with Crippen LogP contribution in [0.5, 0.6) is 0 Å². The molecule has 0 bridgehead atoms. The fourth-order valence-electron chi connectivity index (χ4n) is 5.09. The summed E-state index contributed by atoms with van der Waals surface area (Å²) in [4.78, 5) is 31.3. The van der Waals surface area contributed by atoms with Crippen LogP contribution in [0.2, 0.25) is 0 Å². The second-order valence-electron chi connectivity index (χ2n) is 8.89. The zero-order valence-electron chi connectivity index (χ0n) is 18.5. The maximum Gasteiger partial charge on any atom is 0.305 e. The van der Waals surface area contributed by atoms with Gasteiger partial charge in [0, 0.05) is 38.3 Å². The molecule has 0 atom stereocenters. The number of pyridine rings is 1. The minimum absolute atomic E-state index is 0.0368. The van der Waals surface area contributed by atoms with Crippen molar-refractivity contribution in [2.45, 2.75) is 38.5 Å². The Morgan fingerprint density at radius 2 is 1.56 bits per heavy atom. The zero-order chi connectivity index (χ0) is 23.4. The molecule has 2 aliphatic heterocycles. The number of hydrogen-bond donors (Lipinski definition) is 0. The predicted octanol–water partition coefficient (Wildman–Crippen LogP) is 2.38. The van der Waals surface area contributed by atoms with Crippen molar-refractivity contribution in [1.29, 1.82) is 0 Å². The van der Waals surface area contributed by atoms with E-state index < -0.39 is 15.5 Å². The van der Waals surface area contributed by atoms with Gasteiger partial charge in [0.15, 0.2) is 16.7 Å². The molecule has 0 amide bonds. The van der Waals surface area contributed by atoms with Crippen LogP contribution in [0.25, 0.3) is 22.2 Å². The second kappa shape index (κ2) is 7.78. The number of non-ortho nitro benzene ring substituents is 2. The van der Waals surface area contributed by atoms with Gasteiger partial charge in [0.25, 0.3) is 5.69 Å². The van der Waals surface area contributed by atoms with Gasteiger partial charge in [0.1, 0.15) is 11.3 Å². The molecule has 0 radical (unpaired) electrons. The van der Waals surface area contributed by atoms with Gasteiger partial charge in [-0.25, -0.2) is 4.98 Å². The third-order valence-corrected chi connectivity index (χ3v) is 6.77. The van der Waals surface area contributed by atoms with E-state index >= 15 is 0 Å². The standard InChI is InChI=1S/C21H23N9O4/c31-28(32)14-11-16-19(17(12-14)29(33)34)23-30-24-20-15(25-7-3-1-4-8-25)13-18(22-21(20)27(16)30)26-9-5-2-6-10-26/h11-13H,1-10H2. The molecule has 2 fully saturated rings. The van der Waals surface area contributed by atoms with Crippen LogP contribution >= 0.6 is 0 Å². The maximum absolute atomic E-state index is 11.6. The van der Waals surface area contributed by atoms with E-state index in [0.29, 0.717) is 11.2 Å². The topological polar surface area (TPSA) is 141 Å². The number of hydrogen-bond acceptors (Lipinski definition) is 8. The van der Waals surface area contributed by atoms with Crippen LogP contribution in [-0.4, -0.2) is 50.9 Å². The van der Waals surface area contributed by atoms with Crippen molar-refractivity contribution in [3.63, 3.8) is 0 Å². The number of rotatable bonds is 4. The molecule has 3 aromatic heterocycles. The van der Waals surface area contributed by atoms with Gasteiger partial charge in [-0.2, -0.15) is 4.52 Å². The molecule has 5 heterocycles. The molecule has 0 spiro atoms. The van der Waals surface area contributed by atoms with E-state index in [1.807, 2.05) is 0 Å². The highest BCUT2D eigenvalue weighted by Gasteiger charge is 2.28. The number of fused-ring (bicyclic) bond motifs is 5. The molecule has 0 N–H and O–H groups in total. The largest absolute Gasteiger partial charge is 0.370 e. The monoisotopic (exact) mass is 465 g/mol. The van der Waals surface area contributed by atoms with Crippen molar-refractivity contribution >= 4 is 45.1 Å². The summed E-state index contributed by atoms with van der Waals surface area (Å²) >= 11 is 0. The first kappa shape index (κ1) is 20.6. The summed E-state index contributed by atoms with van der Waals surface area (Å²) in [6.45, 7) is 3.64. The van der Waals surface area contributed by atoms with Gasteiger partial charge in [-0.05, 0) is 38.5 Å². The predicted molar refractivity (Wildman–Crippen MR) is 122 cm³/mol. The van der Waals surface area contributed by atoms with E-state index in [-0.39, 0.29) is 16.7 Å². The van der Waals surface area contributed by atoms with Crippen LogP contribution in [0.4, 0.5) is 22.9 Å². The molecule has 0 aliphatic carbocycles. The molecule has 6 rings (SSSR count). The van der Waals surface area contributed by atoms with Crippen molar-refractivity contribution in [3.05, 3.63) is 38.4 Å². The van der Waals surface area contributed by atoms with Gasteiger partial charge >= 0.3 is 5.69 Å². The van der Waals surface area contributed by atoms with Crippen molar-refractivity contribution in [1.82, 2.24) is 19.9 Å². The van der Waals surface area contributed by atoms with Gasteiger partial charge in [0.05, 0.1) is 21.6 Å². The first-order valence-corrected chi connectivity index (χ1v) is 11.6. The lowest BCUT2D eigenvalue weighted by atomic mass is 10.1. The van der Waals surface area contributed by atoms with E-state index in [9.17, 15) is 20.2 Å². The summed E-state index contributed by atoms with van der Waals surface area (Å²) in [7, 11) is 0. The minimum atomic E-state index is -0.656. The molecular formula is C21H23N9O4. The van der Waals surface area contributed by atoms with Crippen molar-refractivity contribution in [3.8, 4) is 0 Å². The summed E-state index contributed by atoms with van der Waals surface area (Å²) < 4.78 is 2.82. The summed E-state index contributed by atoms with van der Waals surface area (Å²) in [5.41, 5.74) is 1.53. The van der Waals surface area contributed by atoms with Gasteiger partial charge in [-0.15, -0.1) is 10.2 Å². The van der Waals surface area contributed by atoms with E-state index in [2.05, 4.69) is 26.1 Å². The number of anilines is 2. The summed E-state index contributed by atoms with van der Waals surface area (Å²) in [5, 5.41) is 32.1. The fraction of sp³-hybridized carbons (Fsp3) is 0.476. The van der Waals surface area contributed by atoms with Crippen LogP contribution < -0.4 is 19.4 Å². The van der Waals surface area contributed by atoms with Crippen LogP contribution in [0.1, 0.15) is 38.5 Å². The Morgan fingerprint density at radius 1 is 0.882 bits per heavy atom. The third-order valence-electron chi connectivity index (χ3n) is 6.77. The average Bonchev–Trinajstić information content (AvgIpc) is 3.40. The first-order chi connectivity index (χ1) is 16.5. The Bertz CT molecular complexity index is 1450. The molecule has 4 aromatic rings. The SMILES string of the molecule is O=[N+]([O-])c1cc([N+](=O)[O-])c2[n-]n3nc4c(N5CCCCC5)cc(N5CCCCC5)nc4[n+]3c2c1. The Kier molecular flexibility index (Phi) is 4.71. The highest BCUT2D eigenvalue weighted by molar-refractivity contribution is 5.89. The van der Waals surface area contributed by atoms with Crippen LogP contribution in [0.3, 0.4) is 0 Å². The molecule has 176 valence electrons. The van der Waals surface area contributed by atoms with E-state index in [1.165, 1.54) is 23.7 Å². The molecule has 13 heteroatoms. The zero-order valence-corrected chi connectivity index (χ0v) is 18.5. The lowest BCUT2D eigenvalue weighted by molar-refractivity contribution is -0.575. The Balaban J connectivity index is 1.66. The van der Waals surface area contributed by atoms with Crippen LogP contribution in [-0.2, 0) is 0 Å². The van der Waals surface area contributed by atoms with Gasteiger partial charge < -0.3 is 9.80 Å². The Morgan fingerprint density at radius 3 is 2.21 bits per heavy atom. The Hall–Kier alpha value is -4.03. The number of benzene rings is 1. The van der Waals surface area contributed by atoms with Crippen LogP contribution in [0.15, 0.2) is 18.2 Å². The number of aromatic nitrogens is 5. The highest BCUT2D eigenvalue weighted by atomic mass is 16.6. The number of nitro benzene ring substituents is 2. The second-order valence-corrected chi connectivity index (χ2v) is 8.89. The lowest BCUT2D eigenvalue weighted by Gasteiger charge is -2.31. The molecule has 13 nitrogen and oxygen atoms in total. The van der Waals surface area contributed by atoms with Crippen LogP contribution in [0, 0.1) is 20.2 Å². The number of piperidine rings is 2. The van der Waals surface area contributed by atoms with Crippen molar-refractivity contribution < 1.29 is 14.4 Å². The van der Waals surface area contributed by atoms with Crippen molar-refractivity contribution in [2.75, 3.05) is 36.0 Å². The molecule has 2 saturated heterocycles. The van der Waals surface area contributed by atoms with Gasteiger partial charge in [-0.1, -0.05) is 4.74 Å². The van der Waals surface area contributed by atoms with Gasteiger partial charge in [-0.3, -0.25) is 20.2 Å². The molecule has 34 heavy (non-hydrogen) atoms. The van der Waals surface area contributed by atoms with Crippen molar-refractivity contribution in [2.24, 2.45) is 0 Å². The maximum atomic E-state index is 11.6. The first-order valence-electron chi connectivity index (χ1n) is 11.6. The number of nitro groups is 2. The highest BCUT2D eigenvalue weighted by Crippen LogP contribution is 2.33. The quantitative estimate of drug-likeness (QED) is 0.252. The number of nitrogens with zero attached hydrogens (tertiary/aromatic N) is 9. The third kappa shape index (κ3) is 3.18. The Labute approximate surface area is 192 Å². The lowest BCUT2D eigenvalue weighted by Crippen LogP contribution is -2.33. The van der Waals surface area contributed by atoms with E-state index in [4.69, 9.17) is 4.98 Å². The molecular weight excluding hydrogens is 442 g/mol. The smallest absolute Gasteiger partial charge is 0.305 e. The fourth-order valence-corrected chi connectivity index (χ4v) is 5.09. The normalized spacial score (nSPS) is 17.2. The summed E-state index contributed by atoms with van der Waals surface area (Å²) in [6, 6.07) is 4.31. The average molecular weight is 465 g/mol. The molecule has 0 unspecified atom stereocenters. The molecule has 2 aliphatic rings. The van der Waals surface area contributed by atoms with E-state index in [1.54, 1.807) is 4.52 Å².